The first-order valence-electron chi connectivity index (χ1n) is 3.32. The molecule has 0 aliphatic carbocycles. The molecule has 1 aliphatic heterocycles. The third-order valence-corrected chi connectivity index (χ3v) is 1.09. The molecule has 0 atom stereocenters. The Labute approximate surface area is 69.8 Å². The smallest absolute Gasteiger partial charge is 0.314 e. The highest BCUT2D eigenvalue weighted by atomic mass is 31.2. The van der Waals surface area contributed by atoms with Crippen LogP contribution in [0.1, 0.15) is 0 Å². The van der Waals surface area contributed by atoms with Crippen LogP contribution >= 0.6 is 7.82 Å². The Kier molecular flexibility index (Phi) is 5.60. The Morgan fingerprint density at radius 3 is 1.67 bits per heavy atom. The molecule has 0 aromatic carbocycles. The maximum Gasteiger partial charge on any atom is 0.466 e. The minimum atomic E-state index is -4.64. The van der Waals surface area contributed by atoms with E-state index in [1.807, 2.05) is 0 Å². The summed E-state index contributed by atoms with van der Waals surface area (Å²) in [5.41, 5.74) is 0. The van der Waals surface area contributed by atoms with Gasteiger partial charge in [-0.15, -0.1) is 0 Å². The minimum Gasteiger partial charge on any atom is -0.314 e. The van der Waals surface area contributed by atoms with Gasteiger partial charge in [0.2, 0.25) is 0 Å². The zero-order valence-electron chi connectivity index (χ0n) is 6.42. The van der Waals surface area contributed by atoms with Crippen molar-refractivity contribution in [2.24, 2.45) is 0 Å². The molecule has 74 valence electrons. The van der Waals surface area contributed by atoms with Crippen LogP contribution in [0.5, 0.6) is 0 Å². The Bertz CT molecular complexity index is 145. The van der Waals surface area contributed by atoms with Gasteiger partial charge in [-0.05, 0) is 0 Å². The molecule has 0 saturated carbocycles. The second-order valence-electron chi connectivity index (χ2n) is 2.22. The first-order chi connectivity index (χ1) is 5.39. The van der Waals surface area contributed by atoms with E-state index in [2.05, 4.69) is 5.32 Å². The lowest BCUT2D eigenvalue weighted by Crippen LogP contribution is -2.41. The Morgan fingerprint density at radius 1 is 1.17 bits per heavy atom. The van der Waals surface area contributed by atoms with Gasteiger partial charge in [0.25, 0.3) is 0 Å². The van der Waals surface area contributed by atoms with Gasteiger partial charge in [-0.25, -0.2) is 4.57 Å². The zero-order valence-corrected chi connectivity index (χ0v) is 7.31. The summed E-state index contributed by atoms with van der Waals surface area (Å²) in [6, 6.07) is 0. The molecule has 0 amide bonds. The molecule has 1 saturated heterocycles. The van der Waals surface area contributed by atoms with Crippen molar-refractivity contribution in [3.05, 3.63) is 0 Å². The molecule has 1 rings (SSSR count). The molecule has 7 nitrogen and oxygen atoms in total. The molecular formula is C4H13N2O5P. The summed E-state index contributed by atoms with van der Waals surface area (Å²) in [5, 5.41) is 13.1. The number of nitrogens with zero attached hydrogens (tertiary/aromatic N) is 1. The maximum atomic E-state index is 8.88. The first kappa shape index (κ1) is 12.0. The van der Waals surface area contributed by atoms with Gasteiger partial charge in [0, 0.05) is 26.2 Å². The van der Waals surface area contributed by atoms with Crippen LogP contribution in [-0.4, -0.2) is 51.1 Å². The summed E-state index contributed by atoms with van der Waals surface area (Å²) in [6.07, 6.45) is 0. The Morgan fingerprint density at radius 2 is 1.50 bits per heavy atom. The lowest BCUT2D eigenvalue weighted by Gasteiger charge is -2.19. The average Bonchev–Trinajstić information content (AvgIpc) is 1.85. The molecule has 12 heavy (non-hydrogen) atoms. The van der Waals surface area contributed by atoms with Gasteiger partial charge in [0.1, 0.15) is 0 Å². The van der Waals surface area contributed by atoms with Gasteiger partial charge in [0.15, 0.2) is 0 Å². The largest absolute Gasteiger partial charge is 0.466 e. The van der Waals surface area contributed by atoms with Crippen LogP contribution in [0.15, 0.2) is 0 Å². The lowest BCUT2D eigenvalue weighted by atomic mass is 10.4. The van der Waals surface area contributed by atoms with Crippen LogP contribution < -0.4 is 5.32 Å². The maximum absolute atomic E-state index is 8.88. The molecule has 1 aliphatic rings. The quantitative estimate of drug-likeness (QED) is 0.298. The van der Waals surface area contributed by atoms with Crippen molar-refractivity contribution in [3.8, 4) is 0 Å². The standard InChI is InChI=1S/C4H10N2O.H3O4P/c7-6-3-1-5-2-4-6;1-5(2,3)4/h5,7H,1-4H2;(H3,1,2,3,4). The minimum absolute atomic E-state index is 0.764. The monoisotopic (exact) mass is 200 g/mol. The number of hydrogen-bond donors (Lipinski definition) is 5. The van der Waals surface area contributed by atoms with Gasteiger partial charge >= 0.3 is 7.82 Å². The van der Waals surface area contributed by atoms with E-state index in [1.54, 1.807) is 0 Å². The van der Waals surface area contributed by atoms with Crippen LogP contribution in [0.25, 0.3) is 0 Å². The highest BCUT2D eigenvalue weighted by molar-refractivity contribution is 7.45. The SMILES string of the molecule is O=P(O)(O)O.ON1CCNCC1. The van der Waals surface area contributed by atoms with Crippen LogP contribution in [0, 0.1) is 0 Å². The summed E-state index contributed by atoms with van der Waals surface area (Å²) in [4.78, 5) is 21.6. The Balaban J connectivity index is 0.000000217. The van der Waals surface area contributed by atoms with Crippen molar-refractivity contribution in [3.63, 3.8) is 0 Å². The van der Waals surface area contributed by atoms with Gasteiger partial charge in [-0.2, -0.15) is 5.06 Å². The number of hydrogen-bond acceptors (Lipinski definition) is 4. The van der Waals surface area contributed by atoms with E-state index in [0.29, 0.717) is 0 Å². The van der Waals surface area contributed by atoms with E-state index in [-0.39, 0.29) is 0 Å². The third-order valence-electron chi connectivity index (χ3n) is 1.09. The number of rotatable bonds is 0. The molecule has 0 unspecified atom stereocenters. The van der Waals surface area contributed by atoms with Gasteiger partial charge in [0.05, 0.1) is 0 Å². The summed E-state index contributed by atoms with van der Waals surface area (Å²) in [5.74, 6) is 0. The fraction of sp³-hybridized carbons (Fsp3) is 1.00. The van der Waals surface area contributed by atoms with E-state index in [0.717, 1.165) is 26.2 Å². The van der Waals surface area contributed by atoms with E-state index in [4.69, 9.17) is 24.5 Å². The highest BCUT2D eigenvalue weighted by Crippen LogP contribution is 2.25. The van der Waals surface area contributed by atoms with E-state index in [1.165, 1.54) is 5.06 Å². The van der Waals surface area contributed by atoms with Crippen LogP contribution in [-0.2, 0) is 4.57 Å². The second-order valence-corrected chi connectivity index (χ2v) is 3.24. The second kappa shape index (κ2) is 5.60. The number of hydroxylamine groups is 2. The van der Waals surface area contributed by atoms with E-state index >= 15 is 0 Å². The molecule has 1 fully saturated rings. The van der Waals surface area contributed by atoms with Crippen molar-refractivity contribution in [2.45, 2.75) is 0 Å². The molecular weight excluding hydrogens is 187 g/mol. The van der Waals surface area contributed by atoms with Crippen molar-refractivity contribution >= 4 is 7.82 Å². The molecule has 0 radical (unpaired) electrons. The first-order valence-corrected chi connectivity index (χ1v) is 4.89. The number of nitrogens with one attached hydrogen (secondary N) is 1. The fourth-order valence-corrected chi connectivity index (χ4v) is 0.653. The predicted octanol–water partition coefficient (Wildman–Crippen LogP) is -1.65. The molecule has 0 bridgehead atoms. The molecule has 0 aromatic heterocycles. The summed E-state index contributed by atoms with van der Waals surface area (Å²) >= 11 is 0. The van der Waals surface area contributed by atoms with Crippen LogP contribution in [0.4, 0.5) is 0 Å². The summed E-state index contributed by atoms with van der Waals surface area (Å²) in [6.45, 7) is 3.35. The van der Waals surface area contributed by atoms with Crippen molar-refractivity contribution in [1.29, 1.82) is 0 Å². The third kappa shape index (κ3) is 12.6. The molecule has 0 spiro atoms. The van der Waals surface area contributed by atoms with Gasteiger partial charge < -0.3 is 25.2 Å². The lowest BCUT2D eigenvalue weighted by molar-refractivity contribution is -0.0976. The van der Waals surface area contributed by atoms with Crippen molar-refractivity contribution in [2.75, 3.05) is 26.2 Å². The van der Waals surface area contributed by atoms with E-state index < -0.39 is 7.82 Å². The summed E-state index contributed by atoms with van der Waals surface area (Å²) < 4.78 is 8.88. The van der Waals surface area contributed by atoms with Crippen LogP contribution in [0.3, 0.4) is 0 Å². The van der Waals surface area contributed by atoms with Gasteiger partial charge in [-0.3, -0.25) is 0 Å². The molecule has 5 N–H and O–H groups in total. The van der Waals surface area contributed by atoms with E-state index in [9.17, 15) is 0 Å². The zero-order chi connectivity index (χ0) is 9.61. The highest BCUT2D eigenvalue weighted by Gasteiger charge is 2.03. The van der Waals surface area contributed by atoms with Crippen molar-refractivity contribution in [1.82, 2.24) is 10.4 Å². The van der Waals surface area contributed by atoms with Crippen molar-refractivity contribution < 1.29 is 24.5 Å². The summed E-state index contributed by atoms with van der Waals surface area (Å²) in [7, 11) is -4.64. The average molecular weight is 200 g/mol. The molecule has 1 heterocycles. The van der Waals surface area contributed by atoms with Crippen LogP contribution in [0.2, 0.25) is 0 Å². The number of piperazine rings is 1. The molecule has 0 aromatic rings. The fourth-order valence-electron chi connectivity index (χ4n) is 0.653. The Hall–Kier alpha value is -0.0100. The predicted molar refractivity (Wildman–Crippen MR) is 40.5 cm³/mol. The number of phosphoric acid groups is 1. The van der Waals surface area contributed by atoms with Gasteiger partial charge in [-0.1, -0.05) is 0 Å². The topological polar surface area (TPSA) is 113 Å². The normalized spacial score (nSPS) is 19.7. The molecule has 8 heteroatoms.